The standard InChI is InChI=1S/C14H16FNO2.C13H19FN2O2/c1-9(10(2)16-11(3)17)14(18-4)12-6-5-7-13(15)8-12;1-4-9(2)16(3)13(18)15-8-10-6-5-7-11(14)12(10)17/h5-8H,2H2,1,3-4H3,(H,16,17);5-7,9,17H,4,8H2,1-3H3,(H,15,18)/b14-9-;. The van der Waals surface area contributed by atoms with Crippen LogP contribution in [0.2, 0.25) is 0 Å². The molecule has 3 amide bonds. The van der Waals surface area contributed by atoms with Crippen LogP contribution in [0.25, 0.3) is 5.76 Å². The number of rotatable bonds is 8. The first-order valence-corrected chi connectivity index (χ1v) is 11.4. The highest BCUT2D eigenvalue weighted by Crippen LogP contribution is 2.23. The molecule has 7 nitrogen and oxygen atoms in total. The highest BCUT2D eigenvalue weighted by molar-refractivity contribution is 5.77. The number of halogens is 2. The van der Waals surface area contributed by atoms with Crippen LogP contribution in [-0.2, 0) is 16.1 Å². The number of nitrogens with zero attached hydrogens (tertiary/aromatic N) is 1. The van der Waals surface area contributed by atoms with Crippen molar-refractivity contribution in [2.45, 2.75) is 46.7 Å². The largest absolute Gasteiger partial charge is 0.505 e. The van der Waals surface area contributed by atoms with Gasteiger partial charge in [-0.2, -0.15) is 0 Å². The molecule has 2 rings (SSSR count). The molecule has 2 aromatic carbocycles. The first-order chi connectivity index (χ1) is 16.9. The Morgan fingerprint density at radius 2 is 1.81 bits per heavy atom. The number of aromatic hydroxyl groups is 1. The maximum Gasteiger partial charge on any atom is 0.317 e. The number of carbonyl (C=O) groups excluding carboxylic acids is 2. The van der Waals surface area contributed by atoms with E-state index in [9.17, 15) is 23.5 Å². The third-order valence-corrected chi connectivity index (χ3v) is 5.48. The summed E-state index contributed by atoms with van der Waals surface area (Å²) in [6.07, 6.45) is 0.856. The van der Waals surface area contributed by atoms with Gasteiger partial charge in [-0.05, 0) is 38.5 Å². The zero-order valence-electron chi connectivity index (χ0n) is 21.6. The highest BCUT2D eigenvalue weighted by atomic mass is 19.1. The monoisotopic (exact) mass is 503 g/mol. The maximum absolute atomic E-state index is 13.2. The molecule has 0 aliphatic rings. The predicted octanol–water partition coefficient (Wildman–Crippen LogP) is 5.32. The molecule has 2 aromatic rings. The van der Waals surface area contributed by atoms with Crippen LogP contribution in [0.3, 0.4) is 0 Å². The number of benzene rings is 2. The number of urea groups is 1. The number of allylic oxidation sites excluding steroid dienone is 1. The van der Waals surface area contributed by atoms with E-state index in [2.05, 4.69) is 17.2 Å². The van der Waals surface area contributed by atoms with Crippen molar-refractivity contribution in [2.24, 2.45) is 0 Å². The second kappa shape index (κ2) is 14.5. The van der Waals surface area contributed by atoms with E-state index >= 15 is 0 Å². The molecule has 0 fully saturated rings. The molecule has 196 valence electrons. The molecule has 0 spiro atoms. The fourth-order valence-electron chi connectivity index (χ4n) is 3.03. The van der Waals surface area contributed by atoms with E-state index in [0.29, 0.717) is 28.2 Å². The molecule has 0 aliphatic carbocycles. The van der Waals surface area contributed by atoms with Gasteiger partial charge in [0.25, 0.3) is 0 Å². The van der Waals surface area contributed by atoms with E-state index in [0.717, 1.165) is 6.42 Å². The smallest absolute Gasteiger partial charge is 0.317 e. The van der Waals surface area contributed by atoms with Crippen LogP contribution in [0.4, 0.5) is 13.6 Å². The van der Waals surface area contributed by atoms with Gasteiger partial charge < -0.3 is 25.4 Å². The molecule has 1 unspecified atom stereocenters. The highest BCUT2D eigenvalue weighted by Gasteiger charge is 2.15. The average Bonchev–Trinajstić information content (AvgIpc) is 2.84. The van der Waals surface area contributed by atoms with Crippen molar-refractivity contribution in [1.82, 2.24) is 15.5 Å². The number of phenolic OH excluding ortho intramolecular Hbond substituents is 1. The van der Waals surface area contributed by atoms with E-state index in [1.165, 1.54) is 38.3 Å². The molecule has 0 saturated carbocycles. The summed E-state index contributed by atoms with van der Waals surface area (Å²) in [5.74, 6) is -1.18. The Balaban J connectivity index is 0.000000360. The zero-order valence-corrected chi connectivity index (χ0v) is 21.6. The fourth-order valence-corrected chi connectivity index (χ4v) is 3.03. The molecule has 0 aliphatic heterocycles. The number of ether oxygens (including phenoxy) is 1. The van der Waals surface area contributed by atoms with Crippen molar-refractivity contribution in [1.29, 1.82) is 0 Å². The molecule has 0 bridgehead atoms. The molecule has 0 heterocycles. The minimum atomic E-state index is -0.683. The van der Waals surface area contributed by atoms with Crippen LogP contribution in [0, 0.1) is 11.6 Å². The van der Waals surface area contributed by atoms with Gasteiger partial charge in [0.2, 0.25) is 5.91 Å². The summed E-state index contributed by atoms with van der Waals surface area (Å²) in [6, 6.07) is 10.2. The molecule has 3 N–H and O–H groups in total. The van der Waals surface area contributed by atoms with E-state index in [1.807, 2.05) is 13.8 Å². The van der Waals surface area contributed by atoms with Gasteiger partial charge in [-0.3, -0.25) is 4.79 Å². The van der Waals surface area contributed by atoms with Gasteiger partial charge >= 0.3 is 6.03 Å². The van der Waals surface area contributed by atoms with Gasteiger partial charge in [0.1, 0.15) is 11.6 Å². The van der Waals surface area contributed by atoms with Crippen molar-refractivity contribution in [2.75, 3.05) is 14.2 Å². The minimum Gasteiger partial charge on any atom is -0.505 e. The van der Waals surface area contributed by atoms with Gasteiger partial charge in [-0.25, -0.2) is 13.6 Å². The maximum atomic E-state index is 13.2. The summed E-state index contributed by atoms with van der Waals surface area (Å²) in [7, 11) is 3.19. The van der Waals surface area contributed by atoms with E-state index in [1.54, 1.807) is 37.1 Å². The Labute approximate surface area is 211 Å². The van der Waals surface area contributed by atoms with Crippen molar-refractivity contribution >= 4 is 17.7 Å². The predicted molar refractivity (Wildman–Crippen MR) is 137 cm³/mol. The Bertz CT molecular complexity index is 1100. The molecule has 0 aromatic heterocycles. The van der Waals surface area contributed by atoms with Gasteiger partial charge in [0.15, 0.2) is 11.6 Å². The summed E-state index contributed by atoms with van der Waals surface area (Å²) in [5, 5.41) is 14.7. The second-order valence-corrected chi connectivity index (χ2v) is 8.10. The summed E-state index contributed by atoms with van der Waals surface area (Å²) in [6.45, 7) is 10.9. The first kappa shape index (κ1) is 30.2. The average molecular weight is 504 g/mol. The Kier molecular flexibility index (Phi) is 12.1. The SMILES string of the molecule is C=C(NC(C)=O)/C(C)=C(\OC)c1cccc(F)c1.CCC(C)N(C)C(=O)NCc1cccc(F)c1O. The van der Waals surface area contributed by atoms with Crippen LogP contribution in [0.1, 0.15) is 45.2 Å². The van der Waals surface area contributed by atoms with Crippen LogP contribution < -0.4 is 10.6 Å². The number of nitrogens with one attached hydrogen (secondary N) is 2. The number of methoxy groups -OCH3 is 1. The lowest BCUT2D eigenvalue weighted by Gasteiger charge is -2.24. The summed E-state index contributed by atoms with van der Waals surface area (Å²) in [4.78, 5) is 24.3. The van der Waals surface area contributed by atoms with Gasteiger partial charge in [0, 0.05) is 49.0 Å². The van der Waals surface area contributed by atoms with Gasteiger partial charge in [-0.1, -0.05) is 37.8 Å². The number of carbonyl (C=O) groups is 2. The first-order valence-electron chi connectivity index (χ1n) is 11.4. The van der Waals surface area contributed by atoms with Crippen molar-refractivity contribution < 1.29 is 28.2 Å². The Morgan fingerprint density at radius 3 is 2.36 bits per heavy atom. The van der Waals surface area contributed by atoms with Gasteiger partial charge in [-0.15, -0.1) is 0 Å². The van der Waals surface area contributed by atoms with Crippen molar-refractivity contribution in [3.8, 4) is 5.75 Å². The molecule has 0 radical (unpaired) electrons. The Morgan fingerprint density at radius 1 is 1.17 bits per heavy atom. The zero-order chi connectivity index (χ0) is 27.4. The van der Waals surface area contributed by atoms with Crippen LogP contribution in [0.15, 0.2) is 60.3 Å². The Hall–Kier alpha value is -3.88. The molecule has 1 atom stereocenters. The third-order valence-electron chi connectivity index (χ3n) is 5.48. The number of amides is 3. The van der Waals surface area contributed by atoms with Gasteiger partial charge in [0.05, 0.1) is 7.11 Å². The topological polar surface area (TPSA) is 90.9 Å². The van der Waals surface area contributed by atoms with E-state index in [4.69, 9.17) is 4.74 Å². The molecule has 9 heteroatoms. The van der Waals surface area contributed by atoms with E-state index < -0.39 is 11.6 Å². The molecular weight excluding hydrogens is 468 g/mol. The summed E-state index contributed by atoms with van der Waals surface area (Å²) >= 11 is 0. The third kappa shape index (κ3) is 9.05. The minimum absolute atomic E-state index is 0.100. The van der Waals surface area contributed by atoms with Crippen molar-refractivity contribution in [3.63, 3.8) is 0 Å². The summed E-state index contributed by atoms with van der Waals surface area (Å²) < 4.78 is 31.5. The van der Waals surface area contributed by atoms with Crippen LogP contribution in [0.5, 0.6) is 5.75 Å². The van der Waals surface area contributed by atoms with Crippen LogP contribution in [-0.4, -0.2) is 42.1 Å². The molecule has 36 heavy (non-hydrogen) atoms. The van der Waals surface area contributed by atoms with E-state index in [-0.39, 0.29) is 30.3 Å². The number of hydrogen-bond acceptors (Lipinski definition) is 4. The number of para-hydroxylation sites is 1. The summed E-state index contributed by atoms with van der Waals surface area (Å²) in [5.41, 5.74) is 2.05. The second-order valence-electron chi connectivity index (χ2n) is 8.10. The fraction of sp³-hybridized carbons (Fsp3) is 0.333. The molecular formula is C27H35F2N3O4. The lowest BCUT2D eigenvalue weighted by molar-refractivity contribution is -0.118. The lowest BCUT2D eigenvalue weighted by atomic mass is 10.1. The molecule has 0 saturated heterocycles. The van der Waals surface area contributed by atoms with Crippen molar-refractivity contribution in [3.05, 3.63) is 83.1 Å². The lowest BCUT2D eigenvalue weighted by Crippen LogP contribution is -2.41. The number of hydrogen-bond donors (Lipinski definition) is 3. The number of phenols is 1. The quantitative estimate of drug-likeness (QED) is 0.336. The van der Waals surface area contributed by atoms with Crippen LogP contribution >= 0.6 is 0 Å². The normalized spacial score (nSPS) is 11.8.